The fourth-order valence-corrected chi connectivity index (χ4v) is 3.81. The van der Waals surface area contributed by atoms with Gasteiger partial charge in [0, 0.05) is 13.2 Å². The van der Waals surface area contributed by atoms with Gasteiger partial charge in [0.2, 0.25) is 0 Å². The molecule has 5 heteroatoms. The van der Waals surface area contributed by atoms with E-state index in [9.17, 15) is 4.79 Å². The van der Waals surface area contributed by atoms with E-state index in [2.05, 4.69) is 11.1 Å². The molecular formula is C14H12N2OS2. The maximum Gasteiger partial charge on any atom is 0.189 e. The summed E-state index contributed by atoms with van der Waals surface area (Å²) < 4.78 is 3.96. The number of ketones is 1. The van der Waals surface area contributed by atoms with Gasteiger partial charge in [-0.05, 0) is 24.3 Å². The maximum absolute atomic E-state index is 12.1. The van der Waals surface area contributed by atoms with Crippen LogP contribution in [0.2, 0.25) is 0 Å². The van der Waals surface area contributed by atoms with Crippen molar-refractivity contribution in [2.75, 3.05) is 5.75 Å². The smallest absolute Gasteiger partial charge is 0.189 e. The molecule has 0 aliphatic rings. The van der Waals surface area contributed by atoms with Crippen LogP contribution in [0.15, 0.2) is 46.9 Å². The highest BCUT2D eigenvalue weighted by Crippen LogP contribution is 2.29. The minimum Gasteiger partial charge on any atom is -0.348 e. The van der Waals surface area contributed by atoms with Crippen LogP contribution in [-0.4, -0.2) is 21.1 Å². The second kappa shape index (κ2) is 5.19. The molecule has 0 unspecified atom stereocenters. The van der Waals surface area contributed by atoms with Crippen molar-refractivity contribution >= 4 is 39.1 Å². The fraction of sp³-hybridized carbons (Fsp3) is 0.143. The Bertz CT molecular complexity index is 697. The molecule has 3 rings (SSSR count). The quantitative estimate of drug-likeness (QED) is 0.543. The van der Waals surface area contributed by atoms with Gasteiger partial charge in [0.1, 0.15) is 0 Å². The number of carbonyl (C=O) groups is 1. The highest BCUT2D eigenvalue weighted by molar-refractivity contribution is 8.01. The molecule has 1 aromatic carbocycles. The van der Waals surface area contributed by atoms with Crippen LogP contribution in [0.1, 0.15) is 10.5 Å². The van der Waals surface area contributed by atoms with Gasteiger partial charge < -0.3 is 4.57 Å². The first-order valence-corrected chi connectivity index (χ1v) is 7.67. The van der Waals surface area contributed by atoms with Crippen LogP contribution in [0.3, 0.4) is 0 Å². The molecule has 0 spiro atoms. The summed E-state index contributed by atoms with van der Waals surface area (Å²) in [5.74, 6) is 0.564. The van der Waals surface area contributed by atoms with E-state index in [4.69, 9.17) is 0 Å². The zero-order chi connectivity index (χ0) is 13.2. The largest absolute Gasteiger partial charge is 0.348 e. The lowest BCUT2D eigenvalue weighted by molar-refractivity contribution is 0.101. The number of hydrogen-bond donors (Lipinski definition) is 0. The minimum atomic E-state index is 0.136. The Labute approximate surface area is 119 Å². The number of nitrogens with zero attached hydrogens (tertiary/aromatic N) is 2. The molecule has 0 aliphatic heterocycles. The third-order valence-electron chi connectivity index (χ3n) is 2.83. The van der Waals surface area contributed by atoms with Gasteiger partial charge in [-0.2, -0.15) is 0 Å². The van der Waals surface area contributed by atoms with Crippen LogP contribution in [0, 0.1) is 0 Å². The van der Waals surface area contributed by atoms with Gasteiger partial charge in [0.05, 0.1) is 21.7 Å². The Morgan fingerprint density at radius 1 is 1.32 bits per heavy atom. The predicted octanol–water partition coefficient (Wildman–Crippen LogP) is 3.61. The normalized spacial score (nSPS) is 11.0. The van der Waals surface area contributed by atoms with E-state index < -0.39 is 0 Å². The number of rotatable bonds is 4. The van der Waals surface area contributed by atoms with E-state index in [1.165, 1.54) is 11.8 Å². The molecule has 0 saturated heterocycles. The summed E-state index contributed by atoms with van der Waals surface area (Å²) in [5, 5.41) is 0. The van der Waals surface area contributed by atoms with Crippen molar-refractivity contribution in [2.45, 2.75) is 4.34 Å². The van der Waals surface area contributed by atoms with Crippen LogP contribution < -0.4 is 0 Å². The summed E-state index contributed by atoms with van der Waals surface area (Å²) in [4.78, 5) is 16.6. The lowest BCUT2D eigenvalue weighted by Crippen LogP contribution is -2.07. The topological polar surface area (TPSA) is 34.9 Å². The average molecular weight is 288 g/mol. The van der Waals surface area contributed by atoms with Crippen LogP contribution in [-0.2, 0) is 7.05 Å². The minimum absolute atomic E-state index is 0.136. The first-order valence-electron chi connectivity index (χ1n) is 5.87. The molecule has 0 amide bonds. The van der Waals surface area contributed by atoms with Gasteiger partial charge in [-0.1, -0.05) is 23.9 Å². The van der Waals surface area contributed by atoms with E-state index in [1.807, 2.05) is 48.1 Å². The lowest BCUT2D eigenvalue weighted by atomic mass is 10.3. The number of carbonyl (C=O) groups excluding carboxylic acids is 1. The molecule has 0 fully saturated rings. The summed E-state index contributed by atoms with van der Waals surface area (Å²) in [6.07, 6.45) is 1.88. The molecular weight excluding hydrogens is 276 g/mol. The lowest BCUT2D eigenvalue weighted by Gasteiger charge is -2.00. The van der Waals surface area contributed by atoms with E-state index >= 15 is 0 Å². The Morgan fingerprint density at radius 2 is 2.16 bits per heavy atom. The first-order chi connectivity index (χ1) is 9.24. The fourth-order valence-electron chi connectivity index (χ4n) is 1.86. The van der Waals surface area contributed by atoms with Gasteiger partial charge in [-0.3, -0.25) is 4.79 Å². The SMILES string of the molecule is Cn1cccc1C(=O)CSc1nc2ccccc2s1. The van der Waals surface area contributed by atoms with Crippen molar-refractivity contribution in [1.29, 1.82) is 0 Å². The second-order valence-corrected chi connectivity index (χ2v) is 6.42. The van der Waals surface area contributed by atoms with Crippen molar-refractivity contribution in [3.05, 3.63) is 48.3 Å². The number of fused-ring (bicyclic) bond motifs is 1. The summed E-state index contributed by atoms with van der Waals surface area (Å²) in [7, 11) is 1.88. The molecule has 0 N–H and O–H groups in total. The van der Waals surface area contributed by atoms with Gasteiger partial charge in [0.25, 0.3) is 0 Å². The molecule has 2 heterocycles. The number of para-hydroxylation sites is 1. The number of Topliss-reactive ketones (excluding diaryl/α,β-unsaturated/α-hetero) is 1. The molecule has 19 heavy (non-hydrogen) atoms. The average Bonchev–Trinajstić information content (AvgIpc) is 3.01. The molecule has 0 bridgehead atoms. The van der Waals surface area contributed by atoms with E-state index in [0.717, 1.165) is 20.3 Å². The summed E-state index contributed by atoms with van der Waals surface area (Å²) in [6, 6.07) is 11.8. The van der Waals surface area contributed by atoms with Gasteiger partial charge in [-0.15, -0.1) is 11.3 Å². The summed E-state index contributed by atoms with van der Waals surface area (Å²) >= 11 is 3.14. The predicted molar refractivity (Wildman–Crippen MR) is 80.1 cm³/mol. The summed E-state index contributed by atoms with van der Waals surface area (Å²) in [6.45, 7) is 0. The Kier molecular flexibility index (Phi) is 3.40. The molecule has 0 saturated carbocycles. The number of benzene rings is 1. The monoisotopic (exact) mass is 288 g/mol. The van der Waals surface area contributed by atoms with Crippen LogP contribution >= 0.6 is 23.1 Å². The third-order valence-corrected chi connectivity index (χ3v) is 5.01. The molecule has 3 nitrogen and oxygen atoms in total. The molecule has 96 valence electrons. The summed E-state index contributed by atoms with van der Waals surface area (Å²) in [5.41, 5.74) is 1.75. The van der Waals surface area contributed by atoms with Crippen molar-refractivity contribution in [2.24, 2.45) is 7.05 Å². The molecule has 2 aromatic heterocycles. The highest BCUT2D eigenvalue weighted by atomic mass is 32.2. The van der Waals surface area contributed by atoms with Crippen LogP contribution in [0.4, 0.5) is 0 Å². The molecule has 0 radical (unpaired) electrons. The zero-order valence-electron chi connectivity index (χ0n) is 10.4. The van der Waals surface area contributed by atoms with Crippen molar-refractivity contribution < 1.29 is 4.79 Å². The molecule has 0 atom stereocenters. The van der Waals surface area contributed by atoms with E-state index in [0.29, 0.717) is 5.75 Å². The Balaban J connectivity index is 1.72. The van der Waals surface area contributed by atoms with Gasteiger partial charge in [-0.25, -0.2) is 4.98 Å². The van der Waals surface area contributed by atoms with Crippen molar-refractivity contribution in [3.8, 4) is 0 Å². The molecule has 0 aliphatic carbocycles. The number of thiazole rings is 1. The Morgan fingerprint density at radius 3 is 2.89 bits per heavy atom. The first kappa shape index (κ1) is 12.4. The number of hydrogen-bond acceptors (Lipinski definition) is 4. The van der Waals surface area contributed by atoms with Crippen molar-refractivity contribution in [1.82, 2.24) is 9.55 Å². The third kappa shape index (κ3) is 2.57. The van der Waals surface area contributed by atoms with Crippen LogP contribution in [0.25, 0.3) is 10.2 Å². The highest BCUT2D eigenvalue weighted by Gasteiger charge is 2.11. The second-order valence-electron chi connectivity index (χ2n) is 4.16. The zero-order valence-corrected chi connectivity index (χ0v) is 12.0. The Hall–Kier alpha value is -1.59. The molecule has 3 aromatic rings. The number of aromatic nitrogens is 2. The van der Waals surface area contributed by atoms with Gasteiger partial charge in [0.15, 0.2) is 10.1 Å². The van der Waals surface area contributed by atoms with E-state index in [-0.39, 0.29) is 5.78 Å². The van der Waals surface area contributed by atoms with Crippen molar-refractivity contribution in [3.63, 3.8) is 0 Å². The number of thioether (sulfide) groups is 1. The standard InChI is InChI=1S/C14H12N2OS2/c1-16-8-4-6-11(16)12(17)9-18-14-15-10-5-2-3-7-13(10)19-14/h2-8H,9H2,1H3. The maximum atomic E-state index is 12.1. The van der Waals surface area contributed by atoms with Crippen LogP contribution in [0.5, 0.6) is 0 Å². The van der Waals surface area contributed by atoms with E-state index in [1.54, 1.807) is 11.3 Å². The van der Waals surface area contributed by atoms with Gasteiger partial charge >= 0.3 is 0 Å². The number of aryl methyl sites for hydroxylation is 1.